The quantitative estimate of drug-likeness (QED) is 0.0910. The number of oxime groups is 1. The predicted molar refractivity (Wildman–Crippen MR) is 287 cm³/mol. The van der Waals surface area contributed by atoms with Gasteiger partial charge in [0.15, 0.2) is 11.7 Å². The normalized spacial score (nSPS) is 26.4. The Bertz CT molecular complexity index is 3070. The van der Waals surface area contributed by atoms with Gasteiger partial charge in [-0.05, 0) is 112 Å². The number of aliphatic hydroxyl groups excluding tert-OH is 1. The number of carbonyl (C=O) groups excluding carboxylic acids is 1. The molecular weight excluding hydrogens is 964 g/mol. The molecule has 1 amide bonds. The molecule has 6 aromatic rings. The van der Waals surface area contributed by atoms with Crippen molar-refractivity contribution in [1.82, 2.24) is 40.4 Å². The molecule has 3 aromatic heterocycles. The Hall–Kier alpha value is -7.18. The van der Waals surface area contributed by atoms with Crippen LogP contribution in [0.5, 0.6) is 5.75 Å². The number of nitrogens with two attached hydrogens (primary N) is 1. The average Bonchev–Trinajstić information content (AvgIpc) is 4.29. The number of aliphatic hydroxyl groups is 1. The number of amides is 1. The van der Waals surface area contributed by atoms with Crippen molar-refractivity contribution in [2.75, 3.05) is 48.3 Å². The van der Waals surface area contributed by atoms with E-state index in [2.05, 4.69) is 52.9 Å². The Balaban J connectivity index is 0.625. The summed E-state index contributed by atoms with van der Waals surface area (Å²) in [4.78, 5) is 39.7. The maximum atomic E-state index is 14.6. The molecule has 12 rings (SSSR count). The van der Waals surface area contributed by atoms with Crippen molar-refractivity contribution < 1.29 is 28.8 Å². The van der Waals surface area contributed by atoms with Gasteiger partial charge in [0.25, 0.3) is 0 Å². The first-order valence-electron chi connectivity index (χ1n) is 27.2. The first kappa shape index (κ1) is 49.7. The highest BCUT2D eigenvalue weighted by Gasteiger charge is 2.47. The maximum absolute atomic E-state index is 14.6. The highest BCUT2D eigenvalue weighted by Crippen LogP contribution is 2.42. The number of anilines is 3. The molecule has 8 heterocycles. The van der Waals surface area contributed by atoms with Gasteiger partial charge in [-0.3, -0.25) is 4.79 Å². The highest BCUT2D eigenvalue weighted by molar-refractivity contribution is 5.94. The number of fused-ring (bicyclic) bond motifs is 2. The molecule has 396 valence electrons. The summed E-state index contributed by atoms with van der Waals surface area (Å²) in [5, 5.41) is 42.4. The van der Waals surface area contributed by atoms with Crippen LogP contribution in [0.15, 0.2) is 107 Å². The Morgan fingerprint density at radius 2 is 1.51 bits per heavy atom. The van der Waals surface area contributed by atoms with E-state index in [9.17, 15) is 19.4 Å². The Morgan fingerprint density at radius 1 is 0.829 bits per heavy atom. The second kappa shape index (κ2) is 20.4. The minimum absolute atomic E-state index is 0.0926. The SMILES string of the molecule is CC(C)[C@@H](C(=O)N1C[C@H](O)C[C@H]1C1=NO[C@@](C)(c2ccc(-c3ccccc3F)cc2)N1)c1cc([C@H]2CC[C@@H](N3CCC(c4cnc(N5C6CCC5CN(c5cc(-c7ccccc7O)nnc5N)C6)nc4)CC3)CC2)no1. The fraction of sp³-hybridized carbons (Fsp3) is 0.466. The Morgan fingerprint density at radius 3 is 2.21 bits per heavy atom. The number of piperidine rings is 1. The number of likely N-dealkylation sites (tertiary alicyclic amines) is 2. The van der Waals surface area contributed by atoms with Gasteiger partial charge in [0.2, 0.25) is 17.6 Å². The molecule has 5 N–H and O–H groups in total. The number of nitrogens with one attached hydrogen (secondary N) is 1. The number of aromatic nitrogens is 5. The van der Waals surface area contributed by atoms with Crippen molar-refractivity contribution in [3.8, 4) is 28.1 Å². The molecule has 3 aromatic carbocycles. The summed E-state index contributed by atoms with van der Waals surface area (Å²) >= 11 is 0. The maximum Gasteiger partial charge on any atom is 0.234 e. The average molecular weight is 1030 g/mol. The molecule has 6 atom stereocenters. The smallest absolute Gasteiger partial charge is 0.234 e. The largest absolute Gasteiger partial charge is 0.507 e. The zero-order valence-electron chi connectivity index (χ0n) is 43.4. The van der Waals surface area contributed by atoms with Crippen LogP contribution >= 0.6 is 0 Å². The molecule has 76 heavy (non-hydrogen) atoms. The Labute approximate surface area is 442 Å². The summed E-state index contributed by atoms with van der Waals surface area (Å²) in [6, 6.07) is 25.7. The third kappa shape index (κ3) is 9.47. The summed E-state index contributed by atoms with van der Waals surface area (Å²) in [5.41, 5.74) is 11.6. The molecule has 4 saturated heterocycles. The predicted octanol–water partition coefficient (Wildman–Crippen LogP) is 8.29. The summed E-state index contributed by atoms with van der Waals surface area (Å²) in [7, 11) is 0. The van der Waals surface area contributed by atoms with E-state index in [0.29, 0.717) is 52.6 Å². The van der Waals surface area contributed by atoms with Crippen molar-refractivity contribution in [2.45, 2.75) is 132 Å². The number of phenolic OH excluding ortho intramolecular Hbond substituents is 1. The van der Waals surface area contributed by atoms with E-state index in [4.69, 9.17) is 25.1 Å². The number of carbonyl (C=O) groups is 1. The lowest BCUT2D eigenvalue weighted by molar-refractivity contribution is -0.134. The number of hydrogen-bond donors (Lipinski definition) is 4. The number of nitrogens with zero attached hydrogens (tertiary/aromatic N) is 10. The molecule has 0 spiro atoms. The molecule has 17 nitrogen and oxygen atoms in total. The van der Waals surface area contributed by atoms with Crippen molar-refractivity contribution in [1.29, 1.82) is 0 Å². The van der Waals surface area contributed by atoms with Gasteiger partial charge in [-0.2, -0.15) is 0 Å². The molecule has 5 fully saturated rings. The van der Waals surface area contributed by atoms with Crippen molar-refractivity contribution in [3.05, 3.63) is 126 Å². The highest BCUT2D eigenvalue weighted by atomic mass is 19.1. The fourth-order valence-electron chi connectivity index (χ4n) is 13.1. The topological polar surface area (TPSA) is 208 Å². The number of β-amino-alcohol motifs (C(OH)–C–C–N with tert-alkyl or cyclic N) is 1. The molecule has 5 aliphatic heterocycles. The molecule has 2 bridgehead atoms. The summed E-state index contributed by atoms with van der Waals surface area (Å²) in [6.45, 7) is 9.70. The van der Waals surface area contributed by atoms with Crippen molar-refractivity contribution in [2.24, 2.45) is 11.1 Å². The van der Waals surface area contributed by atoms with E-state index in [-0.39, 0.29) is 47.9 Å². The fourth-order valence-corrected chi connectivity index (χ4v) is 13.1. The van der Waals surface area contributed by atoms with Crippen LogP contribution in [-0.4, -0.2) is 120 Å². The van der Waals surface area contributed by atoms with Gasteiger partial charge >= 0.3 is 0 Å². The molecule has 6 aliphatic rings. The summed E-state index contributed by atoms with van der Waals surface area (Å²) in [5.74, 6) is 1.92. The van der Waals surface area contributed by atoms with Gasteiger partial charge in [-0.25, -0.2) is 14.4 Å². The minimum atomic E-state index is -1.03. The van der Waals surface area contributed by atoms with Crippen LogP contribution in [-0.2, 0) is 15.4 Å². The van der Waals surface area contributed by atoms with Gasteiger partial charge in [0, 0.05) is 92.2 Å². The second-order valence-electron chi connectivity index (χ2n) is 22.4. The molecule has 2 unspecified atom stereocenters. The molecule has 18 heteroatoms. The second-order valence-corrected chi connectivity index (χ2v) is 22.4. The van der Waals surface area contributed by atoms with Crippen LogP contribution in [0.2, 0.25) is 0 Å². The van der Waals surface area contributed by atoms with E-state index in [1.54, 1.807) is 29.2 Å². The zero-order valence-corrected chi connectivity index (χ0v) is 43.4. The number of aromatic hydroxyl groups is 1. The number of amidine groups is 1. The number of rotatable bonds is 12. The molecule has 1 saturated carbocycles. The van der Waals surface area contributed by atoms with E-state index in [0.717, 1.165) is 106 Å². The van der Waals surface area contributed by atoms with E-state index < -0.39 is 23.8 Å². The number of hydrogen-bond acceptors (Lipinski definition) is 16. The number of phenols is 1. The number of halogens is 1. The van der Waals surface area contributed by atoms with Crippen molar-refractivity contribution >= 4 is 29.2 Å². The summed E-state index contributed by atoms with van der Waals surface area (Å²) in [6.07, 6.45) is 12.1. The van der Waals surface area contributed by atoms with Crippen LogP contribution in [0.3, 0.4) is 0 Å². The molecule has 1 aliphatic carbocycles. The number of benzene rings is 3. The van der Waals surface area contributed by atoms with Gasteiger partial charge in [0.1, 0.15) is 23.2 Å². The monoisotopic (exact) mass is 1030 g/mol. The van der Waals surface area contributed by atoms with Gasteiger partial charge in [-0.1, -0.05) is 78.8 Å². The lowest BCUT2D eigenvalue weighted by Gasteiger charge is -2.42. The lowest BCUT2D eigenvalue weighted by Crippen LogP contribution is -2.54. The third-order valence-electron chi connectivity index (χ3n) is 17.3. The number of para-hydroxylation sites is 1. The molecule has 0 radical (unpaired) electrons. The number of piperazine rings is 1. The standard InChI is InChI=1S/C58H67FN12O5/c1-34(2)53(56(74)70-33-43(72)26-50(70)55-63-58(3,76-67-55)39-16-12-36(13-17-39)44-8-4-6-10-46(44)59)52-28-47(66-75-52)37-14-18-40(19-15-37)68-24-22-35(23-25-68)38-29-61-57(62-30-38)71-41-20-21-42(71)32-69(31-41)49-27-48(64-65-54(49)60)45-9-5-7-11-51(45)73/h4-13,16-17,27-30,34-35,37,40-43,50,53,72-73H,14-15,18-26,31-33H2,1-3H3,(H2,60,65)(H,63,67)/t37-,40+,41?,42?,43-,50+,53-,58+/m1/s1. The van der Waals surface area contributed by atoms with E-state index in [1.807, 2.05) is 75.4 Å². The van der Waals surface area contributed by atoms with Crippen molar-refractivity contribution in [3.63, 3.8) is 0 Å². The zero-order chi connectivity index (χ0) is 52.2. The van der Waals surface area contributed by atoms with E-state index in [1.165, 1.54) is 11.6 Å². The van der Waals surface area contributed by atoms with Gasteiger partial charge in [0.05, 0.1) is 29.2 Å². The van der Waals surface area contributed by atoms with Gasteiger partial charge < -0.3 is 50.2 Å². The Kier molecular flexibility index (Phi) is 13.3. The van der Waals surface area contributed by atoms with Crippen LogP contribution in [0.4, 0.5) is 21.8 Å². The number of nitrogen functional groups attached to an aromatic ring is 1. The minimum Gasteiger partial charge on any atom is -0.507 e. The van der Waals surface area contributed by atoms with Gasteiger partial charge in [-0.15, -0.1) is 10.2 Å². The van der Waals surface area contributed by atoms with Crippen LogP contribution in [0.25, 0.3) is 22.4 Å². The summed E-state index contributed by atoms with van der Waals surface area (Å²) < 4.78 is 20.6. The first-order valence-corrected chi connectivity index (χ1v) is 27.2. The first-order chi connectivity index (χ1) is 36.9. The lowest BCUT2D eigenvalue weighted by atomic mass is 9.81. The van der Waals surface area contributed by atoms with Crippen LogP contribution < -0.4 is 20.9 Å². The van der Waals surface area contributed by atoms with Crippen LogP contribution in [0.1, 0.15) is 119 Å². The van der Waals surface area contributed by atoms with E-state index >= 15 is 0 Å². The molecular formula is C58H67FN12O5. The third-order valence-corrected chi connectivity index (χ3v) is 17.3. The van der Waals surface area contributed by atoms with Crippen LogP contribution in [0, 0.1) is 11.7 Å².